The molecule has 0 atom stereocenters. The van der Waals surface area contributed by atoms with Crippen LogP contribution in [0.4, 0.5) is 11.4 Å². The SMILES string of the molecule is COc1cccc(N(CCO)C2CCCCC2)c1[N+](=O)[O-]. The highest BCUT2D eigenvalue weighted by molar-refractivity contribution is 5.70. The predicted octanol–water partition coefficient (Wildman–Crippen LogP) is 2.73. The van der Waals surface area contributed by atoms with Gasteiger partial charge in [0.1, 0.15) is 5.69 Å². The summed E-state index contributed by atoms with van der Waals surface area (Å²) in [5.74, 6) is 0.260. The van der Waals surface area contributed by atoms with Gasteiger partial charge < -0.3 is 14.7 Å². The Balaban J connectivity index is 2.41. The monoisotopic (exact) mass is 294 g/mol. The third-order valence-electron chi connectivity index (χ3n) is 4.05. The fraction of sp³-hybridized carbons (Fsp3) is 0.600. The molecular weight excluding hydrogens is 272 g/mol. The fourth-order valence-corrected chi connectivity index (χ4v) is 3.09. The summed E-state index contributed by atoms with van der Waals surface area (Å²) in [5, 5.41) is 20.8. The van der Waals surface area contributed by atoms with Gasteiger partial charge in [-0.1, -0.05) is 25.3 Å². The summed E-state index contributed by atoms with van der Waals surface area (Å²) in [5.41, 5.74) is 0.527. The molecule has 6 heteroatoms. The number of nitrogens with zero attached hydrogens (tertiary/aromatic N) is 2. The van der Waals surface area contributed by atoms with E-state index in [1.165, 1.54) is 13.5 Å². The van der Waals surface area contributed by atoms with E-state index in [4.69, 9.17) is 4.74 Å². The molecule has 1 N–H and O–H groups in total. The molecular formula is C15H22N2O4. The third kappa shape index (κ3) is 3.44. The first-order chi connectivity index (χ1) is 10.2. The van der Waals surface area contributed by atoms with Crippen LogP contribution in [-0.2, 0) is 0 Å². The van der Waals surface area contributed by atoms with Crippen molar-refractivity contribution in [3.05, 3.63) is 28.3 Å². The molecule has 0 aliphatic heterocycles. The van der Waals surface area contributed by atoms with E-state index in [0.29, 0.717) is 12.2 Å². The van der Waals surface area contributed by atoms with Crippen LogP contribution in [0.1, 0.15) is 32.1 Å². The molecule has 1 fully saturated rings. The molecule has 0 radical (unpaired) electrons. The van der Waals surface area contributed by atoms with Gasteiger partial charge in [-0.25, -0.2) is 0 Å². The number of hydrogen-bond acceptors (Lipinski definition) is 5. The first-order valence-electron chi connectivity index (χ1n) is 7.38. The molecule has 1 aliphatic carbocycles. The van der Waals surface area contributed by atoms with Crippen LogP contribution in [0.5, 0.6) is 5.75 Å². The topological polar surface area (TPSA) is 75.8 Å². The van der Waals surface area contributed by atoms with Crippen molar-refractivity contribution in [1.29, 1.82) is 0 Å². The van der Waals surface area contributed by atoms with E-state index < -0.39 is 4.92 Å². The van der Waals surface area contributed by atoms with Crippen LogP contribution in [0.25, 0.3) is 0 Å². The van der Waals surface area contributed by atoms with Crippen molar-refractivity contribution in [1.82, 2.24) is 0 Å². The molecule has 2 rings (SSSR count). The Bertz CT molecular complexity index is 487. The zero-order valence-electron chi connectivity index (χ0n) is 12.3. The van der Waals surface area contributed by atoms with Gasteiger partial charge in [0.2, 0.25) is 0 Å². The van der Waals surface area contributed by atoms with Crippen LogP contribution in [0.3, 0.4) is 0 Å². The van der Waals surface area contributed by atoms with Crippen molar-refractivity contribution in [2.75, 3.05) is 25.2 Å². The predicted molar refractivity (Wildman–Crippen MR) is 81.0 cm³/mol. The molecule has 1 aliphatic rings. The van der Waals surface area contributed by atoms with Crippen molar-refractivity contribution in [3.63, 3.8) is 0 Å². The maximum absolute atomic E-state index is 11.4. The highest BCUT2D eigenvalue weighted by atomic mass is 16.6. The van der Waals surface area contributed by atoms with Crippen LogP contribution < -0.4 is 9.64 Å². The Morgan fingerprint density at radius 1 is 1.38 bits per heavy atom. The second-order valence-electron chi connectivity index (χ2n) is 5.29. The van der Waals surface area contributed by atoms with Crippen LogP contribution in [0, 0.1) is 10.1 Å². The number of nitro benzene ring substituents is 1. The Hall–Kier alpha value is -1.82. The molecule has 0 saturated heterocycles. The molecule has 0 heterocycles. The highest BCUT2D eigenvalue weighted by Crippen LogP contribution is 2.39. The van der Waals surface area contributed by atoms with Crippen LogP contribution >= 0.6 is 0 Å². The molecule has 116 valence electrons. The number of aliphatic hydroxyl groups excluding tert-OH is 1. The zero-order chi connectivity index (χ0) is 15.2. The first-order valence-corrected chi connectivity index (χ1v) is 7.38. The van der Waals surface area contributed by atoms with E-state index in [2.05, 4.69) is 0 Å². The molecule has 0 aromatic heterocycles. The number of nitro groups is 1. The average molecular weight is 294 g/mol. The smallest absolute Gasteiger partial charge is 0.333 e. The van der Waals surface area contributed by atoms with Gasteiger partial charge in [-0.15, -0.1) is 0 Å². The van der Waals surface area contributed by atoms with Gasteiger partial charge in [-0.3, -0.25) is 10.1 Å². The second kappa shape index (κ2) is 7.26. The zero-order valence-corrected chi connectivity index (χ0v) is 12.3. The van der Waals surface area contributed by atoms with Gasteiger partial charge in [0.25, 0.3) is 0 Å². The Morgan fingerprint density at radius 2 is 2.10 bits per heavy atom. The standard InChI is InChI=1S/C15H22N2O4/c1-21-14-9-5-8-13(15(14)17(19)20)16(10-11-18)12-6-3-2-4-7-12/h5,8-9,12,18H,2-4,6-7,10-11H2,1H3. The Kier molecular flexibility index (Phi) is 5.38. The summed E-state index contributed by atoms with van der Waals surface area (Å²) in [6.07, 6.45) is 5.49. The summed E-state index contributed by atoms with van der Waals surface area (Å²) in [7, 11) is 1.43. The Morgan fingerprint density at radius 3 is 2.67 bits per heavy atom. The van der Waals surface area contributed by atoms with Crippen molar-refractivity contribution in [3.8, 4) is 5.75 Å². The molecule has 6 nitrogen and oxygen atoms in total. The third-order valence-corrected chi connectivity index (χ3v) is 4.05. The van der Waals surface area contributed by atoms with Crippen molar-refractivity contribution < 1.29 is 14.8 Å². The van der Waals surface area contributed by atoms with E-state index in [0.717, 1.165) is 25.7 Å². The van der Waals surface area contributed by atoms with E-state index in [1.54, 1.807) is 18.2 Å². The molecule has 0 amide bonds. The highest BCUT2D eigenvalue weighted by Gasteiger charge is 2.29. The lowest BCUT2D eigenvalue weighted by molar-refractivity contribution is -0.385. The number of methoxy groups -OCH3 is 1. The maximum atomic E-state index is 11.4. The summed E-state index contributed by atoms with van der Waals surface area (Å²) in [6, 6.07) is 5.34. The summed E-state index contributed by atoms with van der Waals surface area (Å²) in [4.78, 5) is 13.0. The van der Waals surface area contributed by atoms with Gasteiger partial charge in [-0.2, -0.15) is 0 Å². The lowest BCUT2D eigenvalue weighted by atomic mass is 9.93. The second-order valence-corrected chi connectivity index (χ2v) is 5.29. The average Bonchev–Trinajstić information content (AvgIpc) is 2.52. The fourth-order valence-electron chi connectivity index (χ4n) is 3.09. The molecule has 1 aromatic rings. The lowest BCUT2D eigenvalue weighted by Gasteiger charge is -2.35. The number of rotatable bonds is 6. The van der Waals surface area contributed by atoms with E-state index in [-0.39, 0.29) is 24.1 Å². The summed E-state index contributed by atoms with van der Waals surface area (Å²) in [6.45, 7) is 0.379. The minimum Gasteiger partial charge on any atom is -0.490 e. The van der Waals surface area contributed by atoms with Gasteiger partial charge in [-0.05, 0) is 25.0 Å². The number of benzene rings is 1. The molecule has 0 bridgehead atoms. The van der Waals surface area contributed by atoms with E-state index >= 15 is 0 Å². The number of anilines is 1. The van der Waals surface area contributed by atoms with Crippen LogP contribution in [-0.4, -0.2) is 36.3 Å². The number of aliphatic hydroxyl groups is 1. The minimum atomic E-state index is -0.401. The van der Waals surface area contributed by atoms with Gasteiger partial charge in [0.15, 0.2) is 5.75 Å². The number of ether oxygens (including phenoxy) is 1. The van der Waals surface area contributed by atoms with Gasteiger partial charge in [0.05, 0.1) is 18.6 Å². The molecule has 1 saturated carbocycles. The quantitative estimate of drug-likeness (QED) is 0.645. The van der Waals surface area contributed by atoms with Gasteiger partial charge in [0, 0.05) is 12.6 Å². The lowest BCUT2D eigenvalue weighted by Crippen LogP contribution is -2.39. The Labute approximate surface area is 124 Å². The normalized spacial score (nSPS) is 15.7. The molecule has 21 heavy (non-hydrogen) atoms. The van der Waals surface area contributed by atoms with Crippen LogP contribution in [0.2, 0.25) is 0 Å². The van der Waals surface area contributed by atoms with E-state index in [9.17, 15) is 15.2 Å². The van der Waals surface area contributed by atoms with Gasteiger partial charge >= 0.3 is 5.69 Å². The number of para-hydroxylation sites is 1. The van der Waals surface area contributed by atoms with E-state index in [1.807, 2.05) is 4.90 Å². The van der Waals surface area contributed by atoms with Crippen molar-refractivity contribution in [2.24, 2.45) is 0 Å². The van der Waals surface area contributed by atoms with Crippen molar-refractivity contribution in [2.45, 2.75) is 38.1 Å². The molecule has 0 unspecified atom stereocenters. The molecule has 1 aromatic carbocycles. The number of hydrogen-bond donors (Lipinski definition) is 1. The summed E-state index contributed by atoms with van der Waals surface area (Å²) >= 11 is 0. The van der Waals surface area contributed by atoms with Crippen molar-refractivity contribution >= 4 is 11.4 Å². The minimum absolute atomic E-state index is 0.0148. The maximum Gasteiger partial charge on any atom is 0.333 e. The largest absolute Gasteiger partial charge is 0.490 e. The summed E-state index contributed by atoms with van der Waals surface area (Å²) < 4.78 is 5.13. The van der Waals surface area contributed by atoms with Crippen LogP contribution in [0.15, 0.2) is 18.2 Å². The first kappa shape index (κ1) is 15.6. The molecule has 0 spiro atoms.